The Morgan fingerprint density at radius 1 is 1.40 bits per heavy atom. The standard InChI is InChI=1S/C10H8N6O3S/c11-8(15-17)6-4-7(16(18)19)9(14-5-6)20-10-12-2-1-3-13-10/h1-5,17H,(H2,11,15). The monoisotopic (exact) mass is 292 g/mol. The van der Waals surface area contributed by atoms with Gasteiger partial charge in [-0.3, -0.25) is 10.1 Å². The topological polar surface area (TPSA) is 140 Å². The van der Waals surface area contributed by atoms with Gasteiger partial charge in [0.25, 0.3) is 0 Å². The molecule has 0 spiro atoms. The Labute approximate surface area is 116 Å². The molecule has 0 atom stereocenters. The van der Waals surface area contributed by atoms with Gasteiger partial charge in [-0.2, -0.15) is 0 Å². The van der Waals surface area contributed by atoms with Gasteiger partial charge in [0.15, 0.2) is 16.0 Å². The van der Waals surface area contributed by atoms with Crippen LogP contribution in [0.1, 0.15) is 5.56 Å². The van der Waals surface area contributed by atoms with E-state index < -0.39 is 4.92 Å². The molecule has 0 aromatic carbocycles. The summed E-state index contributed by atoms with van der Waals surface area (Å²) in [4.78, 5) is 22.3. The number of oxime groups is 1. The van der Waals surface area contributed by atoms with Gasteiger partial charge in [0, 0.05) is 30.2 Å². The summed E-state index contributed by atoms with van der Waals surface area (Å²) in [7, 11) is 0. The van der Waals surface area contributed by atoms with Gasteiger partial charge < -0.3 is 10.9 Å². The molecule has 0 amide bonds. The normalized spacial score (nSPS) is 11.3. The fourth-order valence-electron chi connectivity index (χ4n) is 1.27. The maximum absolute atomic E-state index is 11.0. The van der Waals surface area contributed by atoms with E-state index in [2.05, 4.69) is 20.1 Å². The molecule has 0 aliphatic rings. The van der Waals surface area contributed by atoms with Crippen LogP contribution in [0.5, 0.6) is 0 Å². The summed E-state index contributed by atoms with van der Waals surface area (Å²) in [5, 5.41) is 22.8. The largest absolute Gasteiger partial charge is 0.409 e. The van der Waals surface area contributed by atoms with Gasteiger partial charge in [-0.25, -0.2) is 15.0 Å². The first kappa shape index (κ1) is 13.7. The average molecular weight is 292 g/mol. The van der Waals surface area contributed by atoms with E-state index in [1.165, 1.54) is 24.7 Å². The molecule has 0 aliphatic carbocycles. The highest BCUT2D eigenvalue weighted by Crippen LogP contribution is 2.31. The zero-order valence-electron chi connectivity index (χ0n) is 9.87. The van der Waals surface area contributed by atoms with Gasteiger partial charge in [0.1, 0.15) is 0 Å². The van der Waals surface area contributed by atoms with Crippen LogP contribution in [0.2, 0.25) is 0 Å². The van der Waals surface area contributed by atoms with Crippen molar-refractivity contribution in [1.29, 1.82) is 0 Å². The summed E-state index contributed by atoms with van der Waals surface area (Å²) in [6, 6.07) is 2.81. The molecule has 102 valence electrons. The first-order chi connectivity index (χ1) is 9.61. The van der Waals surface area contributed by atoms with Gasteiger partial charge >= 0.3 is 5.69 Å². The van der Waals surface area contributed by atoms with Crippen molar-refractivity contribution < 1.29 is 10.1 Å². The van der Waals surface area contributed by atoms with E-state index in [1.54, 1.807) is 6.07 Å². The first-order valence-corrected chi connectivity index (χ1v) is 6.00. The van der Waals surface area contributed by atoms with Crippen LogP contribution in [0.15, 0.2) is 46.1 Å². The number of nitrogens with two attached hydrogens (primary N) is 1. The maximum atomic E-state index is 11.0. The second-order valence-corrected chi connectivity index (χ2v) is 4.38. The lowest BCUT2D eigenvalue weighted by molar-refractivity contribution is -0.388. The molecule has 0 saturated carbocycles. The summed E-state index contributed by atoms with van der Waals surface area (Å²) in [6.45, 7) is 0. The molecular formula is C10H8N6O3S. The third kappa shape index (κ3) is 2.98. The third-order valence-corrected chi connectivity index (χ3v) is 3.06. The quantitative estimate of drug-likeness (QED) is 0.212. The summed E-state index contributed by atoms with van der Waals surface area (Å²) < 4.78 is 0. The van der Waals surface area contributed by atoms with Crippen molar-refractivity contribution in [2.45, 2.75) is 10.2 Å². The number of nitro groups is 1. The highest BCUT2D eigenvalue weighted by molar-refractivity contribution is 7.99. The van der Waals surface area contributed by atoms with Crippen LogP contribution < -0.4 is 5.73 Å². The fraction of sp³-hybridized carbons (Fsp3) is 0. The lowest BCUT2D eigenvalue weighted by Gasteiger charge is -2.03. The lowest BCUT2D eigenvalue weighted by atomic mass is 10.2. The van der Waals surface area contributed by atoms with E-state index in [-0.39, 0.29) is 22.1 Å². The molecule has 3 N–H and O–H groups in total. The van der Waals surface area contributed by atoms with Crippen LogP contribution >= 0.6 is 11.8 Å². The smallest absolute Gasteiger partial charge is 0.302 e. The third-order valence-electron chi connectivity index (χ3n) is 2.16. The number of hydrogen-bond acceptors (Lipinski definition) is 8. The van der Waals surface area contributed by atoms with Crippen LogP contribution in [-0.4, -0.2) is 30.9 Å². The highest BCUT2D eigenvalue weighted by Gasteiger charge is 2.19. The van der Waals surface area contributed by atoms with E-state index in [0.29, 0.717) is 5.16 Å². The zero-order chi connectivity index (χ0) is 14.5. The Hall–Kier alpha value is -2.75. The van der Waals surface area contributed by atoms with Crippen molar-refractivity contribution in [2.24, 2.45) is 10.9 Å². The Morgan fingerprint density at radius 2 is 2.10 bits per heavy atom. The van der Waals surface area contributed by atoms with E-state index in [9.17, 15) is 10.1 Å². The molecular weight excluding hydrogens is 284 g/mol. The van der Waals surface area contributed by atoms with Crippen LogP contribution in [0.25, 0.3) is 0 Å². The number of aromatic nitrogens is 3. The Morgan fingerprint density at radius 3 is 2.70 bits per heavy atom. The minimum Gasteiger partial charge on any atom is -0.409 e. The molecule has 10 heteroatoms. The van der Waals surface area contributed by atoms with Crippen molar-refractivity contribution >= 4 is 23.3 Å². The van der Waals surface area contributed by atoms with E-state index >= 15 is 0 Å². The first-order valence-electron chi connectivity index (χ1n) is 5.19. The van der Waals surface area contributed by atoms with Crippen molar-refractivity contribution in [3.63, 3.8) is 0 Å². The number of rotatable bonds is 4. The molecule has 0 fully saturated rings. The summed E-state index contributed by atoms with van der Waals surface area (Å²) in [5.74, 6) is -0.256. The van der Waals surface area contributed by atoms with Gasteiger partial charge in [0.2, 0.25) is 0 Å². The minimum atomic E-state index is -0.605. The van der Waals surface area contributed by atoms with Gasteiger partial charge in [-0.1, -0.05) is 5.16 Å². The predicted molar refractivity (Wildman–Crippen MR) is 69.6 cm³/mol. The Bertz CT molecular complexity index is 663. The van der Waals surface area contributed by atoms with Crippen LogP contribution in [0.3, 0.4) is 0 Å². The van der Waals surface area contributed by atoms with E-state index in [4.69, 9.17) is 10.9 Å². The van der Waals surface area contributed by atoms with Crippen LogP contribution in [-0.2, 0) is 0 Å². The predicted octanol–water partition coefficient (Wildman–Crippen LogP) is 1.03. The van der Waals surface area contributed by atoms with Gasteiger partial charge in [-0.05, 0) is 17.8 Å². The van der Waals surface area contributed by atoms with Gasteiger partial charge in [0.05, 0.1) is 4.92 Å². The number of amidine groups is 1. The van der Waals surface area contributed by atoms with Crippen LogP contribution in [0.4, 0.5) is 5.69 Å². The second-order valence-electron chi connectivity index (χ2n) is 3.42. The zero-order valence-corrected chi connectivity index (χ0v) is 10.7. The molecule has 2 aromatic heterocycles. The number of nitrogens with zero attached hydrogens (tertiary/aromatic N) is 5. The van der Waals surface area contributed by atoms with Crippen molar-refractivity contribution in [3.8, 4) is 0 Å². The maximum Gasteiger partial charge on any atom is 0.302 e. The summed E-state index contributed by atoms with van der Waals surface area (Å²) in [6.07, 6.45) is 4.31. The molecule has 0 radical (unpaired) electrons. The van der Waals surface area contributed by atoms with Crippen LogP contribution in [0, 0.1) is 10.1 Å². The van der Waals surface area contributed by atoms with Crippen molar-refractivity contribution in [2.75, 3.05) is 0 Å². The molecule has 2 aromatic rings. The summed E-state index contributed by atoms with van der Waals surface area (Å²) >= 11 is 0.952. The number of pyridine rings is 1. The number of hydrogen-bond donors (Lipinski definition) is 2. The Kier molecular flexibility index (Phi) is 4.05. The Balaban J connectivity index is 2.41. The molecule has 9 nitrogen and oxygen atoms in total. The molecule has 0 saturated heterocycles. The van der Waals surface area contributed by atoms with E-state index in [0.717, 1.165) is 11.8 Å². The average Bonchev–Trinajstić information content (AvgIpc) is 2.47. The molecule has 2 rings (SSSR count). The molecule has 0 aliphatic heterocycles. The molecule has 2 heterocycles. The van der Waals surface area contributed by atoms with Crippen molar-refractivity contribution in [1.82, 2.24) is 15.0 Å². The fourth-order valence-corrected chi connectivity index (χ4v) is 2.02. The second kappa shape index (κ2) is 5.93. The van der Waals surface area contributed by atoms with E-state index in [1.807, 2.05) is 0 Å². The highest BCUT2D eigenvalue weighted by atomic mass is 32.2. The van der Waals surface area contributed by atoms with Crippen molar-refractivity contribution in [3.05, 3.63) is 46.4 Å². The summed E-state index contributed by atoms with van der Waals surface area (Å²) in [5.41, 5.74) is 5.25. The minimum absolute atomic E-state index is 0.121. The lowest BCUT2D eigenvalue weighted by Crippen LogP contribution is -2.14. The van der Waals surface area contributed by atoms with Gasteiger partial charge in [-0.15, -0.1) is 0 Å². The molecule has 0 unspecified atom stereocenters. The molecule has 20 heavy (non-hydrogen) atoms. The SMILES string of the molecule is N/C(=N/O)c1cnc(Sc2ncccn2)c([N+](=O)[O-])c1. The molecule has 0 bridgehead atoms.